The van der Waals surface area contributed by atoms with Gasteiger partial charge in [0.1, 0.15) is 12.2 Å². The molecule has 1 atom stereocenters. The van der Waals surface area contributed by atoms with Gasteiger partial charge in [-0.1, -0.05) is 30.3 Å². The number of hydrogen-bond donors (Lipinski definition) is 1. The zero-order valence-electron chi connectivity index (χ0n) is 11.2. The Hall–Kier alpha value is -1.72. The third-order valence-corrected chi connectivity index (χ3v) is 3.69. The summed E-state index contributed by atoms with van der Waals surface area (Å²) in [6, 6.07) is 11.1. The molecule has 1 aromatic carbocycles. The number of nitrogens with zero attached hydrogens (tertiary/aromatic N) is 4. The molecule has 5 heteroatoms. The maximum absolute atomic E-state index is 4.33. The van der Waals surface area contributed by atoms with E-state index in [0.29, 0.717) is 6.04 Å². The van der Waals surface area contributed by atoms with Crippen molar-refractivity contribution >= 4 is 0 Å². The minimum absolute atomic E-state index is 0.409. The fraction of sp³-hybridized carbons (Fsp3) is 0.429. The van der Waals surface area contributed by atoms with Gasteiger partial charge in [0.05, 0.1) is 6.54 Å². The molecule has 3 rings (SSSR count). The largest absolute Gasteiger partial charge is 0.314 e. The average molecular weight is 257 g/mol. The van der Waals surface area contributed by atoms with Gasteiger partial charge in [-0.15, -0.1) is 0 Å². The third-order valence-electron chi connectivity index (χ3n) is 3.69. The molecule has 0 radical (unpaired) electrons. The zero-order chi connectivity index (χ0) is 13.1. The van der Waals surface area contributed by atoms with Gasteiger partial charge in [0, 0.05) is 32.7 Å². The maximum atomic E-state index is 4.33. The third kappa shape index (κ3) is 2.67. The summed E-state index contributed by atoms with van der Waals surface area (Å²) in [6.07, 6.45) is 1.62. The molecule has 0 amide bonds. The predicted molar refractivity (Wildman–Crippen MR) is 73.5 cm³/mol. The van der Waals surface area contributed by atoms with Gasteiger partial charge in [-0.3, -0.25) is 9.58 Å². The zero-order valence-corrected chi connectivity index (χ0v) is 11.2. The van der Waals surface area contributed by atoms with Crippen molar-refractivity contribution in [2.24, 2.45) is 7.05 Å². The molecule has 100 valence electrons. The van der Waals surface area contributed by atoms with Crippen LogP contribution >= 0.6 is 0 Å². The highest BCUT2D eigenvalue weighted by molar-refractivity contribution is 5.20. The van der Waals surface area contributed by atoms with Gasteiger partial charge in [0.15, 0.2) is 0 Å². The Kier molecular flexibility index (Phi) is 3.57. The van der Waals surface area contributed by atoms with Crippen molar-refractivity contribution in [2.45, 2.75) is 12.6 Å². The minimum Gasteiger partial charge on any atom is -0.314 e. The Morgan fingerprint density at radius 1 is 1.32 bits per heavy atom. The van der Waals surface area contributed by atoms with Gasteiger partial charge < -0.3 is 5.32 Å². The summed E-state index contributed by atoms with van der Waals surface area (Å²) in [6.45, 7) is 3.90. The first-order chi connectivity index (χ1) is 9.34. The van der Waals surface area contributed by atoms with E-state index in [1.165, 1.54) is 5.56 Å². The van der Waals surface area contributed by atoms with Crippen LogP contribution in [-0.4, -0.2) is 39.3 Å². The second-order valence-electron chi connectivity index (χ2n) is 4.90. The van der Waals surface area contributed by atoms with E-state index in [2.05, 4.69) is 50.6 Å². The molecule has 0 spiro atoms. The number of hydrogen-bond acceptors (Lipinski definition) is 4. The first kappa shape index (κ1) is 12.3. The van der Waals surface area contributed by atoms with Crippen molar-refractivity contribution in [2.75, 3.05) is 19.6 Å². The lowest BCUT2D eigenvalue weighted by atomic mass is 10.0. The summed E-state index contributed by atoms with van der Waals surface area (Å²) in [7, 11) is 1.95. The molecule has 19 heavy (non-hydrogen) atoms. The molecule has 5 nitrogen and oxygen atoms in total. The molecule has 1 N–H and O–H groups in total. The average Bonchev–Trinajstić information content (AvgIpc) is 2.86. The standard InChI is InChI=1S/C14H19N5/c1-18-14(16-11-17-18)10-19-8-7-15-9-13(19)12-5-3-2-4-6-12/h2-6,11,13,15H,7-10H2,1H3. The predicted octanol–water partition coefficient (Wildman–Crippen LogP) is 0.962. The maximum Gasteiger partial charge on any atom is 0.140 e. The highest BCUT2D eigenvalue weighted by Crippen LogP contribution is 2.23. The molecule has 1 saturated heterocycles. The van der Waals surface area contributed by atoms with Gasteiger partial charge >= 0.3 is 0 Å². The van der Waals surface area contributed by atoms with Crippen molar-refractivity contribution < 1.29 is 0 Å². The van der Waals surface area contributed by atoms with E-state index in [0.717, 1.165) is 32.0 Å². The van der Waals surface area contributed by atoms with E-state index in [1.54, 1.807) is 6.33 Å². The molecular formula is C14H19N5. The van der Waals surface area contributed by atoms with Crippen molar-refractivity contribution in [1.82, 2.24) is 25.0 Å². The summed E-state index contributed by atoms with van der Waals surface area (Å²) in [5.41, 5.74) is 1.36. The molecule has 0 aliphatic carbocycles. The number of benzene rings is 1. The van der Waals surface area contributed by atoms with Gasteiger partial charge in [-0.25, -0.2) is 4.98 Å². The lowest BCUT2D eigenvalue weighted by Crippen LogP contribution is -2.45. The van der Waals surface area contributed by atoms with Gasteiger partial charge in [0.25, 0.3) is 0 Å². The highest BCUT2D eigenvalue weighted by Gasteiger charge is 2.24. The number of aryl methyl sites for hydroxylation is 1. The Morgan fingerprint density at radius 2 is 2.16 bits per heavy atom. The highest BCUT2D eigenvalue weighted by atomic mass is 15.3. The van der Waals surface area contributed by atoms with Crippen LogP contribution in [0.5, 0.6) is 0 Å². The van der Waals surface area contributed by atoms with Crippen molar-refractivity contribution in [3.8, 4) is 0 Å². The van der Waals surface area contributed by atoms with Gasteiger partial charge in [-0.05, 0) is 5.56 Å². The van der Waals surface area contributed by atoms with Crippen LogP contribution < -0.4 is 5.32 Å². The molecule has 1 aliphatic heterocycles. The van der Waals surface area contributed by atoms with Crippen molar-refractivity contribution in [1.29, 1.82) is 0 Å². The molecule has 1 aliphatic rings. The smallest absolute Gasteiger partial charge is 0.140 e. The van der Waals surface area contributed by atoms with Crippen LogP contribution in [0.25, 0.3) is 0 Å². The normalized spacial score (nSPS) is 20.6. The monoisotopic (exact) mass is 257 g/mol. The van der Waals surface area contributed by atoms with Crippen LogP contribution in [0.1, 0.15) is 17.4 Å². The summed E-state index contributed by atoms with van der Waals surface area (Å²) in [5.74, 6) is 1.02. The fourth-order valence-corrected chi connectivity index (χ4v) is 2.58. The lowest BCUT2D eigenvalue weighted by Gasteiger charge is -2.36. The summed E-state index contributed by atoms with van der Waals surface area (Å²) >= 11 is 0. The van der Waals surface area contributed by atoms with Gasteiger partial charge in [-0.2, -0.15) is 5.10 Å². The number of nitrogens with one attached hydrogen (secondary N) is 1. The van der Waals surface area contributed by atoms with Crippen LogP contribution in [0, 0.1) is 0 Å². The fourth-order valence-electron chi connectivity index (χ4n) is 2.58. The molecule has 2 heterocycles. The molecule has 1 unspecified atom stereocenters. The second-order valence-corrected chi connectivity index (χ2v) is 4.90. The summed E-state index contributed by atoms with van der Waals surface area (Å²) < 4.78 is 1.85. The number of aromatic nitrogens is 3. The topological polar surface area (TPSA) is 46.0 Å². The van der Waals surface area contributed by atoms with Crippen LogP contribution in [0.15, 0.2) is 36.7 Å². The van der Waals surface area contributed by atoms with Crippen molar-refractivity contribution in [3.05, 3.63) is 48.0 Å². The number of rotatable bonds is 3. The van der Waals surface area contributed by atoms with Crippen molar-refractivity contribution in [3.63, 3.8) is 0 Å². The van der Waals surface area contributed by atoms with Gasteiger partial charge in [0.2, 0.25) is 0 Å². The van der Waals surface area contributed by atoms with E-state index in [-0.39, 0.29) is 0 Å². The minimum atomic E-state index is 0.409. The van der Waals surface area contributed by atoms with E-state index < -0.39 is 0 Å². The Labute approximate surface area is 113 Å². The Bertz CT molecular complexity index is 522. The summed E-state index contributed by atoms with van der Waals surface area (Å²) in [4.78, 5) is 6.80. The van der Waals surface area contributed by atoms with E-state index >= 15 is 0 Å². The first-order valence-corrected chi connectivity index (χ1v) is 6.67. The molecule has 1 fully saturated rings. The Morgan fingerprint density at radius 3 is 2.89 bits per heavy atom. The second kappa shape index (κ2) is 5.50. The summed E-state index contributed by atoms with van der Waals surface area (Å²) in [5, 5.41) is 7.62. The van der Waals surface area contributed by atoms with E-state index in [4.69, 9.17) is 0 Å². The lowest BCUT2D eigenvalue weighted by molar-refractivity contribution is 0.148. The van der Waals surface area contributed by atoms with E-state index in [9.17, 15) is 0 Å². The van der Waals surface area contributed by atoms with Crippen LogP contribution in [0.4, 0.5) is 0 Å². The van der Waals surface area contributed by atoms with Crippen LogP contribution in [0.3, 0.4) is 0 Å². The first-order valence-electron chi connectivity index (χ1n) is 6.67. The number of piperazine rings is 1. The van der Waals surface area contributed by atoms with E-state index in [1.807, 2.05) is 11.7 Å². The SMILES string of the molecule is Cn1ncnc1CN1CCNCC1c1ccccc1. The molecule has 0 bridgehead atoms. The molecule has 0 saturated carbocycles. The molecular weight excluding hydrogens is 238 g/mol. The Balaban J connectivity index is 1.80. The van der Waals surface area contributed by atoms with Crippen LogP contribution in [-0.2, 0) is 13.6 Å². The quantitative estimate of drug-likeness (QED) is 0.889. The molecule has 2 aromatic rings. The van der Waals surface area contributed by atoms with Crippen LogP contribution in [0.2, 0.25) is 0 Å². The molecule has 1 aromatic heterocycles.